The zero-order chi connectivity index (χ0) is 20.6. The predicted molar refractivity (Wildman–Crippen MR) is 112 cm³/mol. The van der Waals surface area contributed by atoms with Gasteiger partial charge in [0.1, 0.15) is 6.04 Å². The van der Waals surface area contributed by atoms with Crippen molar-refractivity contribution in [1.82, 2.24) is 10.2 Å². The van der Waals surface area contributed by atoms with Gasteiger partial charge >= 0.3 is 5.97 Å². The molecule has 2 amide bonds. The van der Waals surface area contributed by atoms with Gasteiger partial charge in [-0.2, -0.15) is 0 Å². The van der Waals surface area contributed by atoms with Gasteiger partial charge in [-0.25, -0.2) is 4.79 Å². The van der Waals surface area contributed by atoms with Crippen molar-refractivity contribution >= 4 is 40.3 Å². The van der Waals surface area contributed by atoms with Gasteiger partial charge in [0.15, 0.2) is 6.61 Å². The fourth-order valence-electron chi connectivity index (χ4n) is 4.22. The maximum absolute atomic E-state index is 12.5. The summed E-state index contributed by atoms with van der Waals surface area (Å²) in [5.74, 6) is -0.382. The Morgan fingerprint density at radius 1 is 1.28 bits per heavy atom. The lowest BCUT2D eigenvalue weighted by Crippen LogP contribution is -2.47. The van der Waals surface area contributed by atoms with Gasteiger partial charge in [0.2, 0.25) is 5.91 Å². The molecule has 2 saturated heterocycles. The van der Waals surface area contributed by atoms with Crippen molar-refractivity contribution in [3.05, 3.63) is 48.0 Å². The fourth-order valence-corrected chi connectivity index (χ4v) is 5.63. The van der Waals surface area contributed by atoms with Crippen LogP contribution in [0.25, 0.3) is 10.8 Å². The number of amides is 2. The van der Waals surface area contributed by atoms with Crippen LogP contribution in [-0.4, -0.2) is 46.0 Å². The summed E-state index contributed by atoms with van der Waals surface area (Å²) in [6.07, 6.45) is 1.19. The molecule has 2 heterocycles. The molecule has 0 unspecified atom stereocenters. The van der Waals surface area contributed by atoms with Crippen LogP contribution in [0.4, 0.5) is 0 Å². The minimum absolute atomic E-state index is 0.0199. The maximum atomic E-state index is 12.5. The third kappa shape index (κ3) is 3.71. The Hall–Kier alpha value is -2.54. The van der Waals surface area contributed by atoms with Gasteiger partial charge in [0.05, 0.1) is 10.9 Å². The van der Waals surface area contributed by atoms with Crippen LogP contribution in [0.1, 0.15) is 38.3 Å². The van der Waals surface area contributed by atoms with Gasteiger partial charge in [-0.3, -0.25) is 9.59 Å². The van der Waals surface area contributed by atoms with Crippen molar-refractivity contribution < 1.29 is 19.1 Å². The van der Waals surface area contributed by atoms with Crippen molar-refractivity contribution in [1.29, 1.82) is 0 Å². The summed E-state index contributed by atoms with van der Waals surface area (Å²) in [6, 6.07) is 13.1. The zero-order valence-corrected chi connectivity index (χ0v) is 17.3. The van der Waals surface area contributed by atoms with E-state index < -0.39 is 12.0 Å². The Morgan fingerprint density at radius 3 is 2.86 bits per heavy atom. The van der Waals surface area contributed by atoms with Crippen molar-refractivity contribution in [3.8, 4) is 0 Å². The number of nitrogens with zero attached hydrogens (tertiary/aromatic N) is 1. The molecule has 0 saturated carbocycles. The van der Waals surface area contributed by atoms with Crippen LogP contribution in [0.15, 0.2) is 42.5 Å². The number of ether oxygens (including phenoxy) is 1. The fraction of sp³-hybridized carbons (Fsp3) is 0.409. The van der Waals surface area contributed by atoms with Crippen LogP contribution in [0, 0.1) is 0 Å². The lowest BCUT2D eigenvalue weighted by molar-refractivity contribution is -0.156. The van der Waals surface area contributed by atoms with E-state index in [4.69, 9.17) is 4.74 Å². The third-order valence-electron chi connectivity index (χ3n) is 5.73. The predicted octanol–water partition coefficient (Wildman–Crippen LogP) is 3.01. The van der Waals surface area contributed by atoms with Gasteiger partial charge in [-0.15, -0.1) is 11.8 Å². The van der Waals surface area contributed by atoms with E-state index in [9.17, 15) is 14.4 Å². The molecule has 2 aromatic carbocycles. The molecule has 0 radical (unpaired) electrons. The average molecular weight is 413 g/mol. The van der Waals surface area contributed by atoms with Crippen LogP contribution in [0.5, 0.6) is 0 Å². The second-order valence-corrected chi connectivity index (χ2v) is 9.23. The third-order valence-corrected chi connectivity index (χ3v) is 7.23. The maximum Gasteiger partial charge on any atom is 0.330 e. The smallest absolute Gasteiger partial charge is 0.330 e. The molecule has 1 N–H and O–H groups in total. The number of rotatable bonds is 5. The van der Waals surface area contributed by atoms with Crippen molar-refractivity contribution in [2.75, 3.05) is 12.4 Å². The second kappa shape index (κ2) is 7.71. The molecule has 0 aliphatic carbocycles. The standard InChI is InChI=1S/C22H24N2O4S/c1-14(16-9-5-7-15-6-3-4-8-17(15)16)23-19(25)12-28-21(27)18-13-29-22(2)11-10-20(26)24(18)22/h3-9,14,18H,10-13H2,1-2H3,(H,23,25)/t14-,18-,22-/m0/s1. The SMILES string of the molecule is C[C@H](NC(=O)COC(=O)[C@@H]1CS[C@@]2(C)CCC(=O)N12)c1cccc2ccccc12. The van der Waals surface area contributed by atoms with Crippen molar-refractivity contribution in [2.45, 2.75) is 43.6 Å². The number of hydrogen-bond acceptors (Lipinski definition) is 5. The molecule has 4 rings (SSSR count). The Morgan fingerprint density at radius 2 is 2.03 bits per heavy atom. The Bertz CT molecular complexity index is 973. The van der Waals surface area contributed by atoms with Crippen LogP contribution >= 0.6 is 11.8 Å². The highest BCUT2D eigenvalue weighted by Crippen LogP contribution is 2.47. The number of nitrogens with one attached hydrogen (secondary N) is 1. The van der Waals surface area contributed by atoms with Crippen LogP contribution in [-0.2, 0) is 19.1 Å². The average Bonchev–Trinajstić information content (AvgIpc) is 3.21. The highest BCUT2D eigenvalue weighted by Gasteiger charge is 2.53. The molecule has 0 bridgehead atoms. The Kier molecular flexibility index (Phi) is 5.25. The van der Waals surface area contributed by atoms with Crippen LogP contribution in [0.2, 0.25) is 0 Å². The molecule has 2 fully saturated rings. The molecule has 7 heteroatoms. The summed E-state index contributed by atoms with van der Waals surface area (Å²) in [5, 5.41) is 5.08. The van der Waals surface area contributed by atoms with E-state index in [0.29, 0.717) is 12.2 Å². The van der Waals surface area contributed by atoms with Crippen LogP contribution in [0.3, 0.4) is 0 Å². The number of fused-ring (bicyclic) bond motifs is 2. The summed E-state index contributed by atoms with van der Waals surface area (Å²) < 4.78 is 5.26. The van der Waals surface area contributed by atoms with E-state index in [1.165, 1.54) is 0 Å². The van der Waals surface area contributed by atoms with Gasteiger partial charge in [-0.05, 0) is 36.6 Å². The minimum Gasteiger partial charge on any atom is -0.454 e. The molecule has 152 valence electrons. The largest absolute Gasteiger partial charge is 0.454 e. The van der Waals surface area contributed by atoms with E-state index in [1.54, 1.807) is 16.7 Å². The molecule has 2 aliphatic rings. The normalized spacial score (nSPS) is 24.4. The summed E-state index contributed by atoms with van der Waals surface area (Å²) >= 11 is 1.60. The summed E-state index contributed by atoms with van der Waals surface area (Å²) in [4.78, 5) is 38.3. The van der Waals surface area contributed by atoms with E-state index >= 15 is 0 Å². The van der Waals surface area contributed by atoms with Crippen molar-refractivity contribution in [2.24, 2.45) is 0 Å². The molecule has 0 aromatic heterocycles. The molecule has 0 spiro atoms. The molecule has 6 nitrogen and oxygen atoms in total. The van der Waals surface area contributed by atoms with E-state index in [-0.39, 0.29) is 29.3 Å². The van der Waals surface area contributed by atoms with Gasteiger partial charge in [0.25, 0.3) is 5.91 Å². The molecular formula is C22H24N2O4S. The van der Waals surface area contributed by atoms with Gasteiger partial charge in [-0.1, -0.05) is 42.5 Å². The number of esters is 1. The first-order valence-electron chi connectivity index (χ1n) is 9.79. The van der Waals surface area contributed by atoms with Gasteiger partial charge < -0.3 is 15.0 Å². The summed E-state index contributed by atoms with van der Waals surface area (Å²) in [6.45, 7) is 3.53. The molecule has 3 atom stereocenters. The first-order chi connectivity index (χ1) is 13.9. The number of thioether (sulfide) groups is 1. The van der Waals surface area contributed by atoms with Crippen LogP contribution < -0.4 is 5.32 Å². The highest BCUT2D eigenvalue weighted by molar-refractivity contribution is 8.01. The molecule has 2 aromatic rings. The number of carbonyl (C=O) groups is 3. The topological polar surface area (TPSA) is 75.7 Å². The quantitative estimate of drug-likeness (QED) is 0.764. The second-order valence-electron chi connectivity index (χ2n) is 7.73. The molecular weight excluding hydrogens is 388 g/mol. The zero-order valence-electron chi connectivity index (χ0n) is 16.5. The highest BCUT2D eigenvalue weighted by atomic mass is 32.2. The minimum atomic E-state index is -0.608. The Labute approximate surface area is 174 Å². The summed E-state index contributed by atoms with van der Waals surface area (Å²) in [5.41, 5.74) is 1.01. The number of benzene rings is 2. The van der Waals surface area contributed by atoms with E-state index in [1.807, 2.05) is 56.3 Å². The monoisotopic (exact) mass is 412 g/mol. The molecule has 29 heavy (non-hydrogen) atoms. The number of carbonyl (C=O) groups excluding carboxylic acids is 3. The van der Waals surface area contributed by atoms with E-state index in [2.05, 4.69) is 5.32 Å². The van der Waals surface area contributed by atoms with E-state index in [0.717, 1.165) is 22.8 Å². The number of hydrogen-bond donors (Lipinski definition) is 1. The van der Waals surface area contributed by atoms with Crippen molar-refractivity contribution in [3.63, 3.8) is 0 Å². The molecule has 2 aliphatic heterocycles. The summed E-state index contributed by atoms with van der Waals surface area (Å²) in [7, 11) is 0. The first kappa shape index (κ1) is 19.8. The lowest BCUT2D eigenvalue weighted by Gasteiger charge is -2.29. The van der Waals surface area contributed by atoms with Gasteiger partial charge in [0, 0.05) is 12.2 Å². The Balaban J connectivity index is 1.35. The lowest BCUT2D eigenvalue weighted by atomic mass is 10.00. The first-order valence-corrected chi connectivity index (χ1v) is 10.8.